The molecule has 2 aromatic rings. The van der Waals surface area contributed by atoms with Crippen LogP contribution in [0, 0.1) is 6.07 Å². The number of carbonyl (C=O) groups excluding carboxylic acids is 1. The summed E-state index contributed by atoms with van der Waals surface area (Å²) < 4.78 is 0. The van der Waals surface area contributed by atoms with Gasteiger partial charge in [-0.2, -0.15) is 0 Å². The van der Waals surface area contributed by atoms with Crippen LogP contribution in [0.4, 0.5) is 5.69 Å². The Labute approximate surface area is 102 Å². The molecular formula is C15H14NO. The zero-order chi connectivity index (χ0) is 12.1. The number of carbonyl (C=O) groups is 1. The fraction of sp³-hybridized carbons (Fsp3) is 0.133. The van der Waals surface area contributed by atoms with Crippen LogP contribution in [0.2, 0.25) is 0 Å². The highest BCUT2D eigenvalue weighted by Gasteiger charge is 2.14. The van der Waals surface area contributed by atoms with Gasteiger partial charge in [0.25, 0.3) is 5.91 Å². The first-order valence-electron chi connectivity index (χ1n) is 5.66. The number of amides is 1. The van der Waals surface area contributed by atoms with E-state index in [4.69, 9.17) is 0 Å². The van der Waals surface area contributed by atoms with E-state index in [1.807, 2.05) is 37.3 Å². The summed E-state index contributed by atoms with van der Waals surface area (Å²) in [6.45, 7) is 2.63. The predicted octanol–water partition coefficient (Wildman–Crippen LogP) is 3.15. The van der Waals surface area contributed by atoms with Crippen molar-refractivity contribution in [2.24, 2.45) is 0 Å². The van der Waals surface area contributed by atoms with E-state index in [1.54, 1.807) is 29.2 Å². The van der Waals surface area contributed by atoms with Crippen molar-refractivity contribution in [2.45, 2.75) is 6.92 Å². The molecule has 0 fully saturated rings. The van der Waals surface area contributed by atoms with Crippen LogP contribution in [-0.4, -0.2) is 12.5 Å². The van der Waals surface area contributed by atoms with Crippen molar-refractivity contribution in [1.82, 2.24) is 0 Å². The van der Waals surface area contributed by atoms with Crippen LogP contribution >= 0.6 is 0 Å². The van der Waals surface area contributed by atoms with Crippen LogP contribution in [0.1, 0.15) is 17.3 Å². The summed E-state index contributed by atoms with van der Waals surface area (Å²) in [5, 5.41) is 0. The molecule has 17 heavy (non-hydrogen) atoms. The third-order valence-electron chi connectivity index (χ3n) is 2.59. The van der Waals surface area contributed by atoms with E-state index >= 15 is 0 Å². The van der Waals surface area contributed by atoms with Gasteiger partial charge in [0.05, 0.1) is 0 Å². The first kappa shape index (κ1) is 11.4. The van der Waals surface area contributed by atoms with Crippen LogP contribution in [-0.2, 0) is 0 Å². The largest absolute Gasteiger partial charge is 0.309 e. The van der Waals surface area contributed by atoms with E-state index in [0.717, 1.165) is 5.69 Å². The van der Waals surface area contributed by atoms with Gasteiger partial charge in [-0.05, 0) is 37.3 Å². The standard InChI is InChI=1S/C15H14NO/c1-2-16(14-11-7-4-8-12-14)15(17)13-9-5-3-6-10-13/h4-12H,2H2,1H3. The fourth-order valence-corrected chi connectivity index (χ4v) is 1.74. The van der Waals surface area contributed by atoms with Gasteiger partial charge in [-0.3, -0.25) is 4.79 Å². The Morgan fingerprint density at radius 3 is 2.35 bits per heavy atom. The van der Waals surface area contributed by atoms with Crippen LogP contribution in [0.15, 0.2) is 54.6 Å². The number of benzene rings is 2. The summed E-state index contributed by atoms with van der Waals surface area (Å²) in [5.74, 6) is 0.0210. The van der Waals surface area contributed by atoms with Crippen molar-refractivity contribution in [3.8, 4) is 0 Å². The van der Waals surface area contributed by atoms with Crippen molar-refractivity contribution in [2.75, 3.05) is 11.4 Å². The Hall–Kier alpha value is -2.09. The molecule has 0 saturated heterocycles. The molecule has 0 aromatic heterocycles. The van der Waals surface area contributed by atoms with Gasteiger partial charge in [0, 0.05) is 17.8 Å². The second-order valence-electron chi connectivity index (χ2n) is 3.67. The maximum absolute atomic E-state index is 12.3. The van der Waals surface area contributed by atoms with Gasteiger partial charge in [-0.15, -0.1) is 0 Å². The number of anilines is 1. The summed E-state index contributed by atoms with van der Waals surface area (Å²) in [4.78, 5) is 14.0. The van der Waals surface area contributed by atoms with Crippen molar-refractivity contribution in [3.63, 3.8) is 0 Å². The third-order valence-corrected chi connectivity index (χ3v) is 2.59. The summed E-state index contributed by atoms with van der Waals surface area (Å²) in [7, 11) is 0. The molecule has 0 saturated carbocycles. The molecule has 85 valence electrons. The molecule has 1 amide bonds. The molecule has 0 heterocycles. The highest BCUT2D eigenvalue weighted by Crippen LogP contribution is 2.16. The van der Waals surface area contributed by atoms with Crippen LogP contribution in [0.5, 0.6) is 0 Å². The lowest BCUT2D eigenvalue weighted by Crippen LogP contribution is -2.30. The normalized spacial score (nSPS) is 9.94. The molecule has 2 rings (SSSR count). The maximum Gasteiger partial charge on any atom is 0.258 e. The summed E-state index contributed by atoms with van der Waals surface area (Å²) in [6.07, 6.45) is 0. The van der Waals surface area contributed by atoms with Gasteiger partial charge < -0.3 is 4.90 Å². The predicted molar refractivity (Wildman–Crippen MR) is 69.1 cm³/mol. The van der Waals surface area contributed by atoms with Gasteiger partial charge in [-0.25, -0.2) is 0 Å². The Morgan fingerprint density at radius 1 is 1.12 bits per heavy atom. The van der Waals surface area contributed by atoms with Crippen molar-refractivity contribution >= 4 is 11.6 Å². The number of para-hydroxylation sites is 1. The Balaban J connectivity index is 2.29. The van der Waals surface area contributed by atoms with E-state index in [-0.39, 0.29) is 5.91 Å². The van der Waals surface area contributed by atoms with Gasteiger partial charge >= 0.3 is 0 Å². The molecule has 0 unspecified atom stereocenters. The number of hydrogen-bond donors (Lipinski definition) is 0. The van der Waals surface area contributed by atoms with E-state index in [0.29, 0.717) is 12.1 Å². The average Bonchev–Trinajstić information content (AvgIpc) is 2.42. The zero-order valence-electron chi connectivity index (χ0n) is 9.76. The van der Waals surface area contributed by atoms with Gasteiger partial charge in [0.1, 0.15) is 0 Å². The highest BCUT2D eigenvalue weighted by atomic mass is 16.2. The quantitative estimate of drug-likeness (QED) is 0.784. The molecule has 2 aromatic carbocycles. The molecule has 0 aliphatic rings. The molecule has 2 nitrogen and oxygen atoms in total. The van der Waals surface area contributed by atoms with Crippen LogP contribution in [0.3, 0.4) is 0 Å². The molecule has 0 bridgehead atoms. The molecule has 0 aliphatic heterocycles. The molecule has 0 aliphatic carbocycles. The third kappa shape index (κ3) is 2.53. The minimum Gasteiger partial charge on any atom is -0.309 e. The molecule has 0 N–H and O–H groups in total. The van der Waals surface area contributed by atoms with Gasteiger partial charge in [0.2, 0.25) is 0 Å². The lowest BCUT2D eigenvalue weighted by molar-refractivity contribution is 0.0988. The van der Waals surface area contributed by atoms with Crippen LogP contribution < -0.4 is 4.90 Å². The average molecular weight is 224 g/mol. The van der Waals surface area contributed by atoms with Gasteiger partial charge in [0.15, 0.2) is 0 Å². The van der Waals surface area contributed by atoms with Crippen LogP contribution in [0.25, 0.3) is 0 Å². The smallest absolute Gasteiger partial charge is 0.258 e. The zero-order valence-corrected chi connectivity index (χ0v) is 9.76. The Morgan fingerprint density at radius 2 is 1.76 bits per heavy atom. The van der Waals surface area contributed by atoms with Crippen molar-refractivity contribution in [3.05, 3.63) is 66.2 Å². The number of hydrogen-bond acceptors (Lipinski definition) is 1. The first-order valence-corrected chi connectivity index (χ1v) is 5.66. The second kappa shape index (κ2) is 5.30. The molecule has 0 atom stereocenters. The van der Waals surface area contributed by atoms with E-state index in [1.165, 1.54) is 0 Å². The fourth-order valence-electron chi connectivity index (χ4n) is 1.74. The van der Waals surface area contributed by atoms with E-state index < -0.39 is 0 Å². The summed E-state index contributed by atoms with van der Waals surface area (Å²) >= 11 is 0. The molecule has 0 spiro atoms. The molecular weight excluding hydrogens is 210 g/mol. The van der Waals surface area contributed by atoms with E-state index in [2.05, 4.69) is 6.07 Å². The minimum absolute atomic E-state index is 0.0210. The van der Waals surface area contributed by atoms with E-state index in [9.17, 15) is 4.79 Å². The topological polar surface area (TPSA) is 20.3 Å². The number of rotatable bonds is 3. The SMILES string of the molecule is CCN(C(=O)c1cc[c]cc1)c1ccccc1. The summed E-state index contributed by atoms with van der Waals surface area (Å²) in [6, 6.07) is 19.7. The Bertz CT molecular complexity index is 479. The first-order chi connectivity index (χ1) is 8.33. The summed E-state index contributed by atoms with van der Waals surface area (Å²) in [5.41, 5.74) is 1.61. The molecule has 2 heteroatoms. The monoisotopic (exact) mass is 224 g/mol. The van der Waals surface area contributed by atoms with Gasteiger partial charge in [-0.1, -0.05) is 30.3 Å². The maximum atomic E-state index is 12.3. The van der Waals surface area contributed by atoms with Crippen molar-refractivity contribution < 1.29 is 4.79 Å². The lowest BCUT2D eigenvalue weighted by atomic mass is 10.2. The lowest BCUT2D eigenvalue weighted by Gasteiger charge is -2.20. The second-order valence-corrected chi connectivity index (χ2v) is 3.67. The molecule has 1 radical (unpaired) electrons. The Kier molecular flexibility index (Phi) is 3.55. The number of nitrogens with zero attached hydrogens (tertiary/aromatic N) is 1. The van der Waals surface area contributed by atoms with Crippen molar-refractivity contribution in [1.29, 1.82) is 0 Å². The highest BCUT2D eigenvalue weighted by molar-refractivity contribution is 6.05. The minimum atomic E-state index is 0.0210.